The first kappa shape index (κ1) is 19.6. The predicted molar refractivity (Wildman–Crippen MR) is 103 cm³/mol. The van der Waals surface area contributed by atoms with Gasteiger partial charge in [-0.2, -0.15) is 9.40 Å². The summed E-state index contributed by atoms with van der Waals surface area (Å²) in [5, 5.41) is 9.90. The molecule has 0 bridgehead atoms. The van der Waals surface area contributed by atoms with E-state index in [0.717, 1.165) is 24.1 Å². The molecule has 0 spiro atoms. The number of nitrogens with zero attached hydrogens (tertiary/aromatic N) is 2. The third kappa shape index (κ3) is 4.56. The quantitative estimate of drug-likeness (QED) is 0.791. The summed E-state index contributed by atoms with van der Waals surface area (Å²) < 4.78 is 27.0. The molecule has 0 aliphatic carbocycles. The molecule has 0 atom stereocenters. The summed E-state index contributed by atoms with van der Waals surface area (Å²) in [5.74, 6) is -0.214. The van der Waals surface area contributed by atoms with Gasteiger partial charge in [0.15, 0.2) is 0 Å². The van der Waals surface area contributed by atoms with Gasteiger partial charge in [-0.1, -0.05) is 31.0 Å². The molecule has 146 valence electrons. The van der Waals surface area contributed by atoms with E-state index in [2.05, 4.69) is 22.4 Å². The summed E-state index contributed by atoms with van der Waals surface area (Å²) in [6.45, 7) is 4.78. The number of hydrogen-bond acceptors (Lipinski definition) is 4. The summed E-state index contributed by atoms with van der Waals surface area (Å²) in [5.41, 5.74) is 2.35. The van der Waals surface area contributed by atoms with E-state index in [9.17, 15) is 13.2 Å². The van der Waals surface area contributed by atoms with Gasteiger partial charge in [-0.05, 0) is 44.4 Å². The number of amides is 1. The zero-order valence-electron chi connectivity index (χ0n) is 15.7. The van der Waals surface area contributed by atoms with Crippen molar-refractivity contribution in [2.75, 3.05) is 13.1 Å². The molecule has 8 heteroatoms. The third-order valence-corrected chi connectivity index (χ3v) is 6.74. The standard InChI is InChI=1S/C19H26N4O3S/c1-3-4-16-13-18(22-21-16)19(24)20-15-9-11-23(12-10-15)27(25,26)17-7-5-14(2)6-8-17/h5-8,13,15H,3-4,9-12H2,1-2H3,(H,20,24)(H,21,22). The minimum atomic E-state index is -3.48. The molecule has 2 N–H and O–H groups in total. The average Bonchev–Trinajstić information content (AvgIpc) is 3.12. The Labute approximate surface area is 160 Å². The van der Waals surface area contributed by atoms with Crippen molar-refractivity contribution in [3.63, 3.8) is 0 Å². The van der Waals surface area contributed by atoms with E-state index in [1.54, 1.807) is 30.3 Å². The lowest BCUT2D eigenvalue weighted by atomic mass is 10.1. The summed E-state index contributed by atoms with van der Waals surface area (Å²) >= 11 is 0. The molecule has 1 amide bonds. The van der Waals surface area contributed by atoms with Gasteiger partial charge in [-0.15, -0.1) is 0 Å². The second-order valence-electron chi connectivity index (χ2n) is 6.99. The molecule has 27 heavy (non-hydrogen) atoms. The molecule has 1 saturated heterocycles. The normalized spacial score (nSPS) is 16.4. The van der Waals surface area contributed by atoms with E-state index >= 15 is 0 Å². The lowest BCUT2D eigenvalue weighted by Crippen LogP contribution is -2.46. The van der Waals surface area contributed by atoms with Crippen molar-refractivity contribution in [3.05, 3.63) is 47.3 Å². The second kappa shape index (κ2) is 8.22. The van der Waals surface area contributed by atoms with Crippen LogP contribution in [0.25, 0.3) is 0 Å². The molecule has 3 rings (SSSR count). The van der Waals surface area contributed by atoms with Gasteiger partial charge in [0.25, 0.3) is 5.91 Å². The summed E-state index contributed by atoms with van der Waals surface area (Å²) in [6, 6.07) is 8.62. The van der Waals surface area contributed by atoms with Crippen molar-refractivity contribution in [2.45, 2.75) is 50.5 Å². The maximum absolute atomic E-state index is 12.7. The van der Waals surface area contributed by atoms with Crippen LogP contribution in [0, 0.1) is 6.92 Å². The topological polar surface area (TPSA) is 95.2 Å². The highest BCUT2D eigenvalue weighted by Crippen LogP contribution is 2.21. The summed E-state index contributed by atoms with van der Waals surface area (Å²) in [7, 11) is -3.48. The van der Waals surface area contributed by atoms with Crippen LogP contribution in [0.3, 0.4) is 0 Å². The van der Waals surface area contributed by atoms with Crippen LogP contribution >= 0.6 is 0 Å². The maximum atomic E-state index is 12.7. The molecule has 1 aromatic heterocycles. The highest BCUT2D eigenvalue weighted by molar-refractivity contribution is 7.89. The van der Waals surface area contributed by atoms with Crippen LogP contribution in [-0.2, 0) is 16.4 Å². The number of carbonyl (C=O) groups is 1. The number of aromatic nitrogens is 2. The van der Waals surface area contributed by atoms with Gasteiger partial charge in [0.05, 0.1) is 4.90 Å². The van der Waals surface area contributed by atoms with Crippen LogP contribution in [0.15, 0.2) is 35.2 Å². The number of piperidine rings is 1. The Kier molecular flexibility index (Phi) is 5.96. The Morgan fingerprint density at radius 2 is 1.93 bits per heavy atom. The van der Waals surface area contributed by atoms with Crippen LogP contribution in [0.1, 0.15) is 47.9 Å². The van der Waals surface area contributed by atoms with Gasteiger partial charge in [0, 0.05) is 24.8 Å². The van der Waals surface area contributed by atoms with Crippen LogP contribution in [0.5, 0.6) is 0 Å². The number of aryl methyl sites for hydroxylation is 2. The lowest BCUT2D eigenvalue weighted by molar-refractivity contribution is 0.0918. The highest BCUT2D eigenvalue weighted by Gasteiger charge is 2.30. The van der Waals surface area contributed by atoms with E-state index in [4.69, 9.17) is 0 Å². The number of nitrogens with one attached hydrogen (secondary N) is 2. The number of H-pyrrole nitrogens is 1. The molecular formula is C19H26N4O3S. The minimum absolute atomic E-state index is 0.0479. The van der Waals surface area contributed by atoms with E-state index in [1.165, 1.54) is 4.31 Å². The van der Waals surface area contributed by atoms with E-state index < -0.39 is 10.0 Å². The largest absolute Gasteiger partial charge is 0.348 e. The smallest absolute Gasteiger partial charge is 0.271 e. The third-order valence-electron chi connectivity index (χ3n) is 4.83. The molecular weight excluding hydrogens is 364 g/mol. The van der Waals surface area contributed by atoms with Crippen molar-refractivity contribution in [1.82, 2.24) is 19.8 Å². The fraction of sp³-hybridized carbons (Fsp3) is 0.474. The SMILES string of the molecule is CCCc1cc(C(=O)NC2CCN(S(=O)(=O)c3ccc(C)cc3)CC2)n[nH]1. The second-order valence-corrected chi connectivity index (χ2v) is 8.93. The molecule has 0 unspecified atom stereocenters. The number of aromatic amines is 1. The first-order valence-electron chi connectivity index (χ1n) is 9.32. The fourth-order valence-electron chi connectivity index (χ4n) is 3.23. The highest BCUT2D eigenvalue weighted by atomic mass is 32.2. The van der Waals surface area contributed by atoms with Crippen LogP contribution in [0.4, 0.5) is 0 Å². The Morgan fingerprint density at radius 1 is 1.26 bits per heavy atom. The van der Waals surface area contributed by atoms with Gasteiger partial charge in [-0.25, -0.2) is 8.42 Å². The Balaban J connectivity index is 1.56. The molecule has 0 radical (unpaired) electrons. The van der Waals surface area contributed by atoms with Gasteiger partial charge in [-0.3, -0.25) is 9.89 Å². The van der Waals surface area contributed by atoms with E-state index in [1.807, 2.05) is 6.92 Å². The van der Waals surface area contributed by atoms with Gasteiger partial charge in [0.2, 0.25) is 10.0 Å². The molecule has 7 nitrogen and oxygen atoms in total. The van der Waals surface area contributed by atoms with Crippen molar-refractivity contribution in [2.24, 2.45) is 0 Å². The lowest BCUT2D eigenvalue weighted by Gasteiger charge is -2.31. The van der Waals surface area contributed by atoms with Crippen molar-refractivity contribution >= 4 is 15.9 Å². The maximum Gasteiger partial charge on any atom is 0.271 e. The van der Waals surface area contributed by atoms with E-state index in [0.29, 0.717) is 36.5 Å². The number of carbonyl (C=O) groups excluding carboxylic acids is 1. The van der Waals surface area contributed by atoms with Gasteiger partial charge in [0.1, 0.15) is 5.69 Å². The van der Waals surface area contributed by atoms with Gasteiger partial charge < -0.3 is 5.32 Å². The monoisotopic (exact) mass is 390 g/mol. The molecule has 1 aliphatic rings. The van der Waals surface area contributed by atoms with Crippen molar-refractivity contribution < 1.29 is 13.2 Å². The van der Waals surface area contributed by atoms with Gasteiger partial charge >= 0.3 is 0 Å². The number of benzene rings is 1. The van der Waals surface area contributed by atoms with Crippen LogP contribution in [-0.4, -0.2) is 48.0 Å². The first-order valence-corrected chi connectivity index (χ1v) is 10.8. The first-order chi connectivity index (χ1) is 12.9. The number of hydrogen-bond donors (Lipinski definition) is 2. The molecule has 1 fully saturated rings. The fourth-order valence-corrected chi connectivity index (χ4v) is 4.70. The van der Waals surface area contributed by atoms with Crippen LogP contribution < -0.4 is 5.32 Å². The van der Waals surface area contributed by atoms with E-state index in [-0.39, 0.29) is 11.9 Å². The number of rotatable bonds is 6. The molecule has 0 saturated carbocycles. The zero-order valence-corrected chi connectivity index (χ0v) is 16.6. The molecule has 2 heterocycles. The number of sulfonamides is 1. The average molecular weight is 391 g/mol. The minimum Gasteiger partial charge on any atom is -0.348 e. The summed E-state index contributed by atoms with van der Waals surface area (Å²) in [4.78, 5) is 12.7. The zero-order chi connectivity index (χ0) is 19.4. The molecule has 1 aliphatic heterocycles. The predicted octanol–water partition coefficient (Wildman–Crippen LogP) is 2.25. The molecule has 2 aromatic rings. The Bertz CT molecular complexity index is 882. The van der Waals surface area contributed by atoms with Crippen molar-refractivity contribution in [3.8, 4) is 0 Å². The van der Waals surface area contributed by atoms with Crippen LogP contribution in [0.2, 0.25) is 0 Å². The Hall–Kier alpha value is -2.19. The van der Waals surface area contributed by atoms with Crippen molar-refractivity contribution in [1.29, 1.82) is 0 Å². The summed E-state index contributed by atoms with van der Waals surface area (Å²) in [6.07, 6.45) is 3.01. The Morgan fingerprint density at radius 3 is 2.56 bits per heavy atom. The molecule has 1 aromatic carbocycles.